The van der Waals surface area contributed by atoms with Crippen molar-refractivity contribution in [3.8, 4) is 0 Å². The highest BCUT2D eigenvalue weighted by Gasteiger charge is 2.25. The summed E-state index contributed by atoms with van der Waals surface area (Å²) in [7, 11) is -2.23. The second-order valence-electron chi connectivity index (χ2n) is 6.65. The molecule has 0 aromatic heterocycles. The number of alkyl carbamates (subject to hydrolysis) is 1. The van der Waals surface area contributed by atoms with E-state index in [0.29, 0.717) is 5.69 Å². The first-order valence-corrected chi connectivity index (χ1v) is 10.5. The van der Waals surface area contributed by atoms with Crippen LogP contribution in [0.3, 0.4) is 0 Å². The van der Waals surface area contributed by atoms with Gasteiger partial charge < -0.3 is 15.4 Å². The number of nitrogens with one attached hydrogen (secondary N) is 3. The van der Waals surface area contributed by atoms with Gasteiger partial charge in [-0.2, -0.15) is 0 Å². The van der Waals surface area contributed by atoms with Gasteiger partial charge in [-0.05, 0) is 42.8 Å². The van der Waals surface area contributed by atoms with Gasteiger partial charge in [-0.1, -0.05) is 44.2 Å². The van der Waals surface area contributed by atoms with Gasteiger partial charge in [-0.3, -0.25) is 4.79 Å². The van der Waals surface area contributed by atoms with Crippen LogP contribution in [0.5, 0.6) is 0 Å². The Morgan fingerprint density at radius 1 is 1.00 bits per heavy atom. The Labute approximate surface area is 170 Å². The van der Waals surface area contributed by atoms with E-state index in [-0.39, 0.29) is 17.4 Å². The average Bonchev–Trinajstić information content (AvgIpc) is 2.71. The number of ether oxygens (including phenoxy) is 1. The number of rotatable bonds is 8. The monoisotopic (exact) mass is 419 g/mol. The first-order chi connectivity index (χ1) is 13.7. The summed E-state index contributed by atoms with van der Waals surface area (Å²) >= 11 is 0. The van der Waals surface area contributed by atoms with Crippen LogP contribution in [0, 0.1) is 5.92 Å². The lowest BCUT2D eigenvalue weighted by atomic mass is 10.0. The largest absolute Gasteiger partial charge is 0.445 e. The number of carbonyl (C=O) groups excluding carboxylic acids is 2. The molecule has 3 N–H and O–H groups in total. The summed E-state index contributed by atoms with van der Waals surface area (Å²) in [6.07, 6.45) is -0.696. The number of sulfonamides is 1. The highest BCUT2D eigenvalue weighted by atomic mass is 32.2. The zero-order chi connectivity index (χ0) is 21.4. The van der Waals surface area contributed by atoms with Gasteiger partial charge in [0.05, 0.1) is 4.90 Å². The molecule has 0 fully saturated rings. The molecule has 2 rings (SSSR count). The summed E-state index contributed by atoms with van der Waals surface area (Å²) in [5.74, 6) is -0.621. The van der Waals surface area contributed by atoms with Gasteiger partial charge in [0.15, 0.2) is 0 Å². The highest BCUT2D eigenvalue weighted by Crippen LogP contribution is 2.15. The van der Waals surface area contributed by atoms with Crippen LogP contribution in [-0.2, 0) is 26.2 Å². The number of hydrogen-bond acceptors (Lipinski definition) is 5. The number of carbonyl (C=O) groups is 2. The number of hydrogen-bond donors (Lipinski definition) is 3. The molecule has 0 saturated heterocycles. The minimum Gasteiger partial charge on any atom is -0.445 e. The van der Waals surface area contributed by atoms with E-state index in [9.17, 15) is 18.0 Å². The molecule has 8 nitrogen and oxygen atoms in total. The van der Waals surface area contributed by atoms with Crippen LogP contribution in [0.2, 0.25) is 0 Å². The first kappa shape index (κ1) is 22.4. The van der Waals surface area contributed by atoms with Crippen LogP contribution in [0.4, 0.5) is 10.5 Å². The molecule has 0 aliphatic heterocycles. The van der Waals surface area contributed by atoms with Crippen molar-refractivity contribution in [2.45, 2.75) is 31.4 Å². The second-order valence-corrected chi connectivity index (χ2v) is 8.54. The number of anilines is 1. The molecule has 0 spiro atoms. The van der Waals surface area contributed by atoms with E-state index in [2.05, 4.69) is 15.4 Å². The molecule has 0 unspecified atom stereocenters. The molecule has 0 radical (unpaired) electrons. The smallest absolute Gasteiger partial charge is 0.408 e. The number of benzene rings is 2. The standard InChI is InChI=1S/C20H25N3O5S/c1-14(2)18(23-20(25)28-13-15-7-5-4-6-8-15)19(24)22-16-9-11-17(12-10-16)29(26,27)21-3/h4-12,14,18,21H,13H2,1-3H3,(H,22,24)(H,23,25)/t18-/m0/s1. The quantitative estimate of drug-likeness (QED) is 0.608. The zero-order valence-electron chi connectivity index (χ0n) is 16.5. The van der Waals surface area contributed by atoms with Crippen LogP contribution in [0.25, 0.3) is 0 Å². The molecule has 9 heteroatoms. The lowest BCUT2D eigenvalue weighted by Gasteiger charge is -2.21. The summed E-state index contributed by atoms with van der Waals surface area (Å²) < 4.78 is 30.9. The minimum atomic E-state index is -3.55. The number of amides is 2. The van der Waals surface area contributed by atoms with Gasteiger partial charge in [0.1, 0.15) is 12.6 Å². The SMILES string of the molecule is CNS(=O)(=O)c1ccc(NC(=O)[C@@H](NC(=O)OCc2ccccc2)C(C)C)cc1. The third-order valence-corrected chi connectivity index (χ3v) is 5.57. The maximum atomic E-state index is 12.6. The van der Waals surface area contributed by atoms with Crippen LogP contribution >= 0.6 is 0 Å². The van der Waals surface area contributed by atoms with E-state index >= 15 is 0 Å². The first-order valence-electron chi connectivity index (χ1n) is 9.04. The fourth-order valence-electron chi connectivity index (χ4n) is 2.48. The molecule has 0 saturated carbocycles. The fraction of sp³-hybridized carbons (Fsp3) is 0.300. The molecule has 2 amide bonds. The summed E-state index contributed by atoms with van der Waals surface area (Å²) in [5.41, 5.74) is 1.25. The van der Waals surface area contributed by atoms with Crippen LogP contribution in [-0.4, -0.2) is 33.5 Å². The van der Waals surface area contributed by atoms with Crippen molar-refractivity contribution in [2.24, 2.45) is 5.92 Å². The summed E-state index contributed by atoms with van der Waals surface area (Å²) in [6, 6.07) is 14.1. The third-order valence-electron chi connectivity index (χ3n) is 4.14. The molecule has 156 valence electrons. The maximum Gasteiger partial charge on any atom is 0.408 e. The Kier molecular flexibility index (Phi) is 7.74. The average molecular weight is 420 g/mol. The van der Waals surface area contributed by atoms with E-state index in [1.807, 2.05) is 30.3 Å². The van der Waals surface area contributed by atoms with Gasteiger partial charge in [0.2, 0.25) is 15.9 Å². The summed E-state index contributed by atoms with van der Waals surface area (Å²) in [6.45, 7) is 3.69. The van der Waals surface area contributed by atoms with Crippen molar-refractivity contribution in [1.29, 1.82) is 0 Å². The Balaban J connectivity index is 1.97. The predicted octanol–water partition coefficient (Wildman–Crippen LogP) is 2.48. The van der Waals surface area contributed by atoms with E-state index in [1.165, 1.54) is 31.3 Å². The van der Waals surface area contributed by atoms with Crippen molar-refractivity contribution in [3.05, 3.63) is 60.2 Å². The van der Waals surface area contributed by atoms with Gasteiger partial charge in [0.25, 0.3) is 0 Å². The van der Waals surface area contributed by atoms with Gasteiger partial charge in [-0.25, -0.2) is 17.9 Å². The molecule has 1 atom stereocenters. The van der Waals surface area contributed by atoms with Crippen molar-refractivity contribution in [3.63, 3.8) is 0 Å². The second kappa shape index (κ2) is 10.0. The Morgan fingerprint density at radius 2 is 1.62 bits per heavy atom. The lowest BCUT2D eigenvalue weighted by molar-refractivity contribution is -0.119. The Hall–Kier alpha value is -2.91. The molecule has 29 heavy (non-hydrogen) atoms. The van der Waals surface area contributed by atoms with E-state index < -0.39 is 28.1 Å². The van der Waals surface area contributed by atoms with Crippen molar-refractivity contribution >= 4 is 27.7 Å². The van der Waals surface area contributed by atoms with Gasteiger partial charge >= 0.3 is 6.09 Å². The zero-order valence-corrected chi connectivity index (χ0v) is 17.3. The van der Waals surface area contributed by atoms with E-state index in [4.69, 9.17) is 4.74 Å². The summed E-state index contributed by atoms with van der Waals surface area (Å²) in [4.78, 5) is 24.8. The third kappa shape index (κ3) is 6.58. The van der Waals surface area contributed by atoms with Gasteiger partial charge in [-0.15, -0.1) is 0 Å². The van der Waals surface area contributed by atoms with Crippen LogP contribution in [0.1, 0.15) is 19.4 Å². The van der Waals surface area contributed by atoms with Crippen molar-refractivity contribution in [1.82, 2.24) is 10.0 Å². The Morgan fingerprint density at radius 3 is 2.17 bits per heavy atom. The van der Waals surface area contributed by atoms with Gasteiger partial charge in [0, 0.05) is 5.69 Å². The van der Waals surface area contributed by atoms with Crippen LogP contribution < -0.4 is 15.4 Å². The molecule has 0 bridgehead atoms. The fourth-order valence-corrected chi connectivity index (χ4v) is 3.21. The molecular weight excluding hydrogens is 394 g/mol. The molecule has 0 heterocycles. The van der Waals surface area contributed by atoms with Crippen molar-refractivity contribution < 1.29 is 22.7 Å². The normalized spacial score (nSPS) is 12.3. The predicted molar refractivity (Wildman–Crippen MR) is 110 cm³/mol. The Bertz CT molecular complexity index is 928. The minimum absolute atomic E-state index is 0.0843. The molecule has 0 aliphatic carbocycles. The maximum absolute atomic E-state index is 12.6. The lowest BCUT2D eigenvalue weighted by Crippen LogP contribution is -2.47. The topological polar surface area (TPSA) is 114 Å². The molecular formula is C20H25N3O5S. The van der Waals surface area contributed by atoms with Crippen LogP contribution in [0.15, 0.2) is 59.5 Å². The van der Waals surface area contributed by atoms with E-state index in [0.717, 1.165) is 5.56 Å². The molecule has 2 aromatic rings. The van der Waals surface area contributed by atoms with E-state index in [1.54, 1.807) is 13.8 Å². The molecule has 2 aromatic carbocycles. The molecule has 0 aliphatic rings. The summed E-state index contributed by atoms with van der Waals surface area (Å²) in [5, 5.41) is 5.25. The van der Waals surface area contributed by atoms with Crippen molar-refractivity contribution in [2.75, 3.05) is 12.4 Å². The highest BCUT2D eigenvalue weighted by molar-refractivity contribution is 7.89.